The van der Waals surface area contributed by atoms with Crippen molar-refractivity contribution >= 4 is 22.4 Å². The van der Waals surface area contributed by atoms with Crippen molar-refractivity contribution in [2.45, 2.75) is 6.54 Å². The van der Waals surface area contributed by atoms with Gasteiger partial charge in [-0.15, -0.1) is 0 Å². The molecule has 0 N–H and O–H groups in total. The Bertz CT molecular complexity index is 1430. The fourth-order valence-electron chi connectivity index (χ4n) is 3.84. The number of hydrogen-bond donors (Lipinski definition) is 0. The topological polar surface area (TPSA) is 31.2 Å². The van der Waals surface area contributed by atoms with Gasteiger partial charge < -0.3 is 9.30 Å². The first-order chi connectivity index (χ1) is 15.7. The van der Waals surface area contributed by atoms with E-state index in [1.165, 1.54) is 0 Å². The summed E-state index contributed by atoms with van der Waals surface area (Å²) in [7, 11) is 0. The number of halogens is 1. The molecule has 3 nitrogen and oxygen atoms in total. The summed E-state index contributed by atoms with van der Waals surface area (Å²) in [5.74, 6) is 1.52. The molecule has 1 aromatic heterocycles. The van der Waals surface area contributed by atoms with E-state index in [-0.39, 0.29) is 5.56 Å². The minimum atomic E-state index is -0.100. The van der Waals surface area contributed by atoms with Gasteiger partial charge in [0.15, 0.2) is 0 Å². The Morgan fingerprint density at radius 1 is 0.719 bits per heavy atom. The second-order valence-corrected chi connectivity index (χ2v) is 7.96. The number of benzene rings is 4. The number of rotatable bonds is 5. The number of fused-ring (bicyclic) bond motifs is 1. The van der Waals surface area contributed by atoms with Crippen LogP contribution in [-0.4, -0.2) is 4.57 Å². The summed E-state index contributed by atoms with van der Waals surface area (Å²) in [5, 5.41) is 1.83. The zero-order chi connectivity index (χ0) is 21.9. The van der Waals surface area contributed by atoms with Crippen LogP contribution in [0.5, 0.6) is 11.5 Å². The quantitative estimate of drug-likeness (QED) is 0.292. The molecule has 0 radical (unpaired) electrons. The van der Waals surface area contributed by atoms with Gasteiger partial charge in [0.25, 0.3) is 5.56 Å². The van der Waals surface area contributed by atoms with Gasteiger partial charge in [-0.1, -0.05) is 72.3 Å². The van der Waals surface area contributed by atoms with Gasteiger partial charge in [-0.25, -0.2) is 0 Å². The summed E-state index contributed by atoms with van der Waals surface area (Å²) in [6.45, 7) is 0.457. The molecule has 0 aliphatic heterocycles. The predicted octanol–water partition coefficient (Wildman–Crippen LogP) is 7.16. The van der Waals surface area contributed by atoms with Gasteiger partial charge in [-0.05, 0) is 65.0 Å². The molecule has 5 aromatic rings. The molecule has 0 fully saturated rings. The average molecular weight is 438 g/mol. The van der Waals surface area contributed by atoms with E-state index in [1.807, 2.05) is 103 Å². The summed E-state index contributed by atoms with van der Waals surface area (Å²) in [5.41, 5.74) is 2.71. The van der Waals surface area contributed by atoms with Gasteiger partial charge in [0.2, 0.25) is 0 Å². The van der Waals surface area contributed by atoms with Crippen molar-refractivity contribution in [2.75, 3.05) is 0 Å². The number of hydrogen-bond acceptors (Lipinski definition) is 2. The lowest BCUT2D eigenvalue weighted by Gasteiger charge is -2.16. The molecule has 0 bridgehead atoms. The van der Waals surface area contributed by atoms with Crippen molar-refractivity contribution in [1.82, 2.24) is 4.57 Å². The second kappa shape index (κ2) is 8.74. The van der Waals surface area contributed by atoms with Crippen LogP contribution in [0.3, 0.4) is 0 Å². The first-order valence-electron chi connectivity index (χ1n) is 10.4. The van der Waals surface area contributed by atoms with E-state index in [0.29, 0.717) is 17.0 Å². The Morgan fingerprint density at radius 2 is 1.38 bits per heavy atom. The molecule has 0 spiro atoms. The van der Waals surface area contributed by atoms with Crippen LogP contribution in [0.1, 0.15) is 5.56 Å². The van der Waals surface area contributed by atoms with E-state index >= 15 is 0 Å². The summed E-state index contributed by atoms with van der Waals surface area (Å²) >= 11 is 6.40. The molecule has 4 aromatic carbocycles. The highest BCUT2D eigenvalue weighted by Gasteiger charge is 2.14. The Balaban J connectivity index is 1.61. The maximum atomic E-state index is 13.5. The van der Waals surface area contributed by atoms with Gasteiger partial charge in [0.1, 0.15) is 11.5 Å². The molecule has 0 saturated heterocycles. The maximum Gasteiger partial charge on any atom is 0.260 e. The lowest BCUT2D eigenvalue weighted by molar-refractivity contribution is 0.483. The molecule has 0 saturated carbocycles. The van der Waals surface area contributed by atoms with Crippen molar-refractivity contribution in [1.29, 1.82) is 0 Å². The molecular formula is C28H20ClNO2. The highest BCUT2D eigenvalue weighted by atomic mass is 35.5. The van der Waals surface area contributed by atoms with Crippen LogP contribution in [0.15, 0.2) is 114 Å². The number of pyridine rings is 1. The van der Waals surface area contributed by atoms with Gasteiger partial charge in [-0.3, -0.25) is 4.79 Å². The maximum absolute atomic E-state index is 13.5. The Morgan fingerprint density at radius 3 is 2.09 bits per heavy atom. The first-order valence-corrected chi connectivity index (χ1v) is 10.8. The monoisotopic (exact) mass is 437 g/mol. The minimum Gasteiger partial charge on any atom is -0.457 e. The van der Waals surface area contributed by atoms with Crippen LogP contribution in [0, 0.1) is 0 Å². The largest absolute Gasteiger partial charge is 0.457 e. The third-order valence-corrected chi connectivity index (χ3v) is 5.72. The zero-order valence-electron chi connectivity index (χ0n) is 17.2. The van der Waals surface area contributed by atoms with Crippen LogP contribution in [0.4, 0.5) is 0 Å². The van der Waals surface area contributed by atoms with Gasteiger partial charge in [0, 0.05) is 0 Å². The van der Waals surface area contributed by atoms with Gasteiger partial charge in [-0.2, -0.15) is 0 Å². The number of nitrogens with zero attached hydrogens (tertiary/aromatic N) is 1. The lowest BCUT2D eigenvalue weighted by Crippen LogP contribution is -2.23. The number of ether oxygens (including phenoxy) is 1. The molecule has 1 heterocycles. The normalized spacial score (nSPS) is 10.9. The second-order valence-electron chi connectivity index (χ2n) is 7.55. The summed E-state index contributed by atoms with van der Waals surface area (Å²) in [6.07, 6.45) is 0. The minimum absolute atomic E-state index is 0.100. The molecule has 0 atom stereocenters. The summed E-state index contributed by atoms with van der Waals surface area (Å²) in [6, 6.07) is 35.0. The van der Waals surface area contributed by atoms with Crippen LogP contribution >= 0.6 is 11.6 Å². The van der Waals surface area contributed by atoms with Crippen molar-refractivity contribution in [2.24, 2.45) is 0 Å². The van der Waals surface area contributed by atoms with Crippen LogP contribution in [0.2, 0.25) is 5.02 Å². The predicted molar refractivity (Wildman–Crippen MR) is 131 cm³/mol. The van der Waals surface area contributed by atoms with Gasteiger partial charge in [0.05, 0.1) is 22.6 Å². The molecule has 0 aliphatic rings. The molecule has 4 heteroatoms. The van der Waals surface area contributed by atoms with Crippen molar-refractivity contribution < 1.29 is 4.74 Å². The number of aromatic nitrogens is 1. The van der Waals surface area contributed by atoms with Crippen molar-refractivity contribution in [3.63, 3.8) is 0 Å². The van der Waals surface area contributed by atoms with E-state index in [0.717, 1.165) is 33.7 Å². The molecular weight excluding hydrogens is 418 g/mol. The Labute approximate surface area is 191 Å². The SMILES string of the molecule is O=c1c2c(Cl)cccc2cc(-c2ccc(Oc3ccccc3)cc2)n1Cc1ccccc1. The molecule has 0 unspecified atom stereocenters. The molecule has 0 aliphatic carbocycles. The van der Waals surface area contributed by atoms with Crippen molar-refractivity contribution in [3.05, 3.63) is 130 Å². The van der Waals surface area contributed by atoms with Crippen LogP contribution in [0.25, 0.3) is 22.0 Å². The number of para-hydroxylation sites is 1. The fraction of sp³-hybridized carbons (Fsp3) is 0.0357. The van der Waals surface area contributed by atoms with E-state index in [1.54, 1.807) is 10.6 Å². The average Bonchev–Trinajstić information content (AvgIpc) is 2.83. The summed E-state index contributed by atoms with van der Waals surface area (Å²) in [4.78, 5) is 13.5. The van der Waals surface area contributed by atoms with E-state index < -0.39 is 0 Å². The third-order valence-electron chi connectivity index (χ3n) is 5.40. The van der Waals surface area contributed by atoms with E-state index in [9.17, 15) is 4.79 Å². The Kier molecular flexibility index (Phi) is 5.49. The highest BCUT2D eigenvalue weighted by Crippen LogP contribution is 2.29. The Hall–Kier alpha value is -3.82. The highest BCUT2D eigenvalue weighted by molar-refractivity contribution is 6.35. The summed E-state index contributed by atoms with van der Waals surface area (Å²) < 4.78 is 7.71. The third kappa shape index (κ3) is 4.03. The van der Waals surface area contributed by atoms with E-state index in [2.05, 4.69) is 0 Å². The fourth-order valence-corrected chi connectivity index (χ4v) is 4.10. The molecule has 0 amide bonds. The smallest absolute Gasteiger partial charge is 0.260 e. The lowest BCUT2D eigenvalue weighted by atomic mass is 10.1. The van der Waals surface area contributed by atoms with E-state index in [4.69, 9.17) is 16.3 Å². The first kappa shape index (κ1) is 20.1. The molecule has 32 heavy (non-hydrogen) atoms. The van der Waals surface area contributed by atoms with Crippen LogP contribution in [-0.2, 0) is 6.54 Å². The molecule has 5 rings (SSSR count). The van der Waals surface area contributed by atoms with Gasteiger partial charge >= 0.3 is 0 Å². The standard InChI is InChI=1S/C28H20ClNO2/c29-25-13-7-10-22-18-26(30(28(31)27(22)25)19-20-8-3-1-4-9-20)21-14-16-24(17-15-21)32-23-11-5-2-6-12-23/h1-18H,19H2. The van der Waals surface area contributed by atoms with Crippen LogP contribution < -0.4 is 10.3 Å². The van der Waals surface area contributed by atoms with Crippen molar-refractivity contribution in [3.8, 4) is 22.8 Å². The molecule has 156 valence electrons. The zero-order valence-corrected chi connectivity index (χ0v) is 18.0.